The highest BCUT2D eigenvalue weighted by Gasteiger charge is 2.12. The highest BCUT2D eigenvalue weighted by Crippen LogP contribution is 2.24. The number of fused-ring (bicyclic) bond motifs is 4. The molecule has 150 valence electrons. The van der Waals surface area contributed by atoms with Crippen LogP contribution in [-0.4, -0.2) is 14.0 Å². The molecule has 0 atom stereocenters. The van der Waals surface area contributed by atoms with Crippen molar-refractivity contribution in [3.63, 3.8) is 0 Å². The monoisotopic (exact) mass is 421 g/mol. The summed E-state index contributed by atoms with van der Waals surface area (Å²) >= 11 is 1.44. The smallest absolute Gasteiger partial charge is 0.274 e. The van der Waals surface area contributed by atoms with E-state index in [1.165, 1.54) is 22.5 Å². The van der Waals surface area contributed by atoms with Crippen molar-refractivity contribution >= 4 is 44.3 Å². The first-order valence-electron chi connectivity index (χ1n) is 10.2. The molecule has 0 amide bonds. The minimum atomic E-state index is -0.00999. The van der Waals surface area contributed by atoms with Gasteiger partial charge in [0.15, 0.2) is 4.96 Å². The minimum absolute atomic E-state index is 0.00999. The fraction of sp³-hybridized carbons (Fsp3) is 0.0769. The molecular formula is C26H19N3OS. The zero-order valence-electron chi connectivity index (χ0n) is 16.9. The van der Waals surface area contributed by atoms with E-state index in [1.54, 1.807) is 4.40 Å². The quantitative estimate of drug-likeness (QED) is 0.413. The van der Waals surface area contributed by atoms with E-state index in [0.717, 1.165) is 39.0 Å². The van der Waals surface area contributed by atoms with Gasteiger partial charge in [-0.05, 0) is 36.8 Å². The summed E-state index contributed by atoms with van der Waals surface area (Å²) in [5, 5.41) is 1.14. The number of hydrogen-bond acceptors (Lipinski definition) is 3. The van der Waals surface area contributed by atoms with Gasteiger partial charge >= 0.3 is 0 Å². The second-order valence-electron chi connectivity index (χ2n) is 7.85. The fourth-order valence-electron chi connectivity index (χ4n) is 4.28. The molecule has 0 N–H and O–H groups in total. The lowest BCUT2D eigenvalue weighted by Gasteiger charge is -2.06. The van der Waals surface area contributed by atoms with Crippen LogP contribution in [0, 0.1) is 6.92 Å². The van der Waals surface area contributed by atoms with Crippen LogP contribution in [0.2, 0.25) is 0 Å². The molecule has 3 aromatic carbocycles. The van der Waals surface area contributed by atoms with Crippen LogP contribution in [0.5, 0.6) is 0 Å². The molecule has 0 fully saturated rings. The average Bonchev–Trinajstić information content (AvgIpc) is 3.40. The maximum Gasteiger partial charge on any atom is 0.274 e. The Kier molecular flexibility index (Phi) is 4.04. The summed E-state index contributed by atoms with van der Waals surface area (Å²) in [5.41, 5.74) is 6.43. The van der Waals surface area contributed by atoms with Gasteiger partial charge in [-0.1, -0.05) is 71.5 Å². The van der Waals surface area contributed by atoms with Crippen molar-refractivity contribution < 1.29 is 0 Å². The second-order valence-corrected chi connectivity index (χ2v) is 8.86. The number of benzene rings is 3. The molecular weight excluding hydrogens is 402 g/mol. The molecule has 6 rings (SSSR count). The van der Waals surface area contributed by atoms with Crippen LogP contribution in [0.25, 0.3) is 33.0 Å². The molecule has 4 nitrogen and oxygen atoms in total. The van der Waals surface area contributed by atoms with E-state index < -0.39 is 0 Å². The lowest BCUT2D eigenvalue weighted by Crippen LogP contribution is -2.22. The van der Waals surface area contributed by atoms with Crippen molar-refractivity contribution in [3.8, 4) is 0 Å². The molecule has 0 saturated carbocycles. The van der Waals surface area contributed by atoms with Gasteiger partial charge in [0.2, 0.25) is 0 Å². The van der Waals surface area contributed by atoms with Crippen molar-refractivity contribution in [1.82, 2.24) is 14.0 Å². The van der Waals surface area contributed by atoms with Crippen LogP contribution in [-0.2, 0) is 6.54 Å². The third-order valence-electron chi connectivity index (χ3n) is 5.69. The Hall–Kier alpha value is -3.70. The zero-order chi connectivity index (χ0) is 20.9. The van der Waals surface area contributed by atoms with Crippen LogP contribution in [0.15, 0.2) is 83.8 Å². The number of rotatable bonds is 3. The van der Waals surface area contributed by atoms with Gasteiger partial charge in [0.1, 0.15) is 0 Å². The standard InChI is InChI=1S/C26H19N3OS/c1-17-7-6-8-18(13-17)15-28-16-19(20-9-2-4-11-22(20)28)14-24-25(30)29-23-12-5-3-10-21(23)27-26(29)31-24/h2-14,16H,15H2,1H3/b24-14-. The van der Waals surface area contributed by atoms with Gasteiger partial charge < -0.3 is 4.57 Å². The summed E-state index contributed by atoms with van der Waals surface area (Å²) in [6, 6.07) is 24.7. The second kappa shape index (κ2) is 6.93. The summed E-state index contributed by atoms with van der Waals surface area (Å²) in [6.45, 7) is 2.90. The molecule has 0 radical (unpaired) electrons. The first kappa shape index (κ1) is 18.1. The molecule has 0 aliphatic carbocycles. The van der Waals surface area contributed by atoms with Crippen molar-refractivity contribution in [3.05, 3.63) is 111 Å². The SMILES string of the molecule is Cc1cccc(Cn2cc(/C=c3\sc4nc5ccccc5n4c3=O)c3ccccc32)c1. The van der Waals surface area contributed by atoms with Gasteiger partial charge in [-0.15, -0.1) is 0 Å². The summed E-state index contributed by atoms with van der Waals surface area (Å²) in [7, 11) is 0. The largest absolute Gasteiger partial charge is 0.342 e. The first-order chi connectivity index (χ1) is 15.2. The number of hydrogen-bond donors (Lipinski definition) is 0. The molecule has 0 bridgehead atoms. The van der Waals surface area contributed by atoms with Crippen LogP contribution >= 0.6 is 11.3 Å². The van der Waals surface area contributed by atoms with Gasteiger partial charge in [0, 0.05) is 29.2 Å². The highest BCUT2D eigenvalue weighted by atomic mass is 32.1. The Morgan fingerprint density at radius 2 is 1.77 bits per heavy atom. The Morgan fingerprint density at radius 1 is 0.968 bits per heavy atom. The van der Waals surface area contributed by atoms with Crippen molar-refractivity contribution in [2.75, 3.05) is 0 Å². The molecule has 3 aromatic heterocycles. The van der Waals surface area contributed by atoms with Crippen molar-refractivity contribution in [2.24, 2.45) is 0 Å². The highest BCUT2D eigenvalue weighted by molar-refractivity contribution is 7.15. The van der Waals surface area contributed by atoms with E-state index in [-0.39, 0.29) is 5.56 Å². The minimum Gasteiger partial charge on any atom is -0.342 e. The van der Waals surface area contributed by atoms with Gasteiger partial charge in [0.25, 0.3) is 5.56 Å². The molecule has 0 unspecified atom stereocenters. The zero-order valence-corrected chi connectivity index (χ0v) is 17.8. The predicted octanol–water partition coefficient (Wildman–Crippen LogP) is 4.77. The first-order valence-corrected chi connectivity index (χ1v) is 11.0. The predicted molar refractivity (Wildman–Crippen MR) is 128 cm³/mol. The van der Waals surface area contributed by atoms with Gasteiger partial charge in [-0.3, -0.25) is 4.79 Å². The normalized spacial score (nSPS) is 12.5. The van der Waals surface area contributed by atoms with Gasteiger partial charge in [-0.25, -0.2) is 9.38 Å². The third kappa shape index (κ3) is 2.97. The summed E-state index contributed by atoms with van der Waals surface area (Å²) in [6.07, 6.45) is 4.15. The maximum absolute atomic E-state index is 13.2. The molecule has 6 aromatic rings. The Labute approximate surface area is 182 Å². The van der Waals surface area contributed by atoms with E-state index in [9.17, 15) is 4.79 Å². The van der Waals surface area contributed by atoms with Crippen LogP contribution in [0.4, 0.5) is 0 Å². The van der Waals surface area contributed by atoms with Gasteiger partial charge in [-0.2, -0.15) is 0 Å². The van der Waals surface area contributed by atoms with E-state index in [4.69, 9.17) is 0 Å². The van der Waals surface area contributed by atoms with Gasteiger partial charge in [0.05, 0.1) is 15.6 Å². The summed E-state index contributed by atoms with van der Waals surface area (Å²) < 4.78 is 4.68. The molecule has 0 spiro atoms. The Morgan fingerprint density at radius 3 is 2.65 bits per heavy atom. The third-order valence-corrected chi connectivity index (χ3v) is 6.66. The Bertz CT molecular complexity index is 1700. The van der Waals surface area contributed by atoms with E-state index in [1.807, 2.05) is 36.4 Å². The molecule has 31 heavy (non-hydrogen) atoms. The molecule has 5 heteroatoms. The topological polar surface area (TPSA) is 39.3 Å². The average molecular weight is 422 g/mol. The molecule has 0 aliphatic rings. The van der Waals surface area contributed by atoms with Crippen LogP contribution < -0.4 is 10.1 Å². The molecule has 0 saturated heterocycles. The summed E-state index contributed by atoms with van der Waals surface area (Å²) in [5.74, 6) is 0. The molecule has 0 aliphatic heterocycles. The van der Waals surface area contributed by atoms with E-state index >= 15 is 0 Å². The fourth-order valence-corrected chi connectivity index (χ4v) is 5.26. The van der Waals surface area contributed by atoms with Crippen molar-refractivity contribution in [1.29, 1.82) is 0 Å². The number of imidazole rings is 1. The maximum atomic E-state index is 13.2. The van der Waals surface area contributed by atoms with Crippen molar-refractivity contribution in [2.45, 2.75) is 13.5 Å². The number of thiazole rings is 1. The lowest BCUT2D eigenvalue weighted by molar-refractivity contribution is 0.835. The van der Waals surface area contributed by atoms with E-state index in [0.29, 0.717) is 4.53 Å². The van der Waals surface area contributed by atoms with E-state index in [2.05, 4.69) is 65.1 Å². The van der Waals surface area contributed by atoms with Crippen LogP contribution in [0.1, 0.15) is 16.7 Å². The summed E-state index contributed by atoms with van der Waals surface area (Å²) in [4.78, 5) is 18.5. The number of aryl methyl sites for hydroxylation is 1. The van der Waals surface area contributed by atoms with Crippen LogP contribution in [0.3, 0.4) is 0 Å². The lowest BCUT2D eigenvalue weighted by atomic mass is 10.1. The Balaban J connectivity index is 1.53. The number of aromatic nitrogens is 3. The number of para-hydroxylation sites is 3. The number of nitrogens with zero attached hydrogens (tertiary/aromatic N) is 3. The molecule has 3 heterocycles.